The molecule has 0 unspecified atom stereocenters. The minimum absolute atomic E-state index is 0.00399. The first-order valence-electron chi connectivity index (χ1n) is 11.1. The van der Waals surface area contributed by atoms with Crippen LogP contribution in [0.15, 0.2) is 47.6 Å². The van der Waals surface area contributed by atoms with Crippen molar-refractivity contribution in [3.8, 4) is 0 Å². The third kappa shape index (κ3) is 5.84. The number of carbonyl (C=O) groups is 1. The molecule has 0 spiro atoms. The van der Waals surface area contributed by atoms with Crippen LogP contribution in [0.25, 0.3) is 11.0 Å². The number of morpholine rings is 1. The number of thioether (sulfide) groups is 1. The number of ether oxygens (including phenoxy) is 1. The Morgan fingerprint density at radius 1 is 1.19 bits per heavy atom. The zero-order chi connectivity index (χ0) is 22.3. The molecule has 1 aliphatic heterocycles. The molecule has 0 aliphatic carbocycles. The molecule has 1 aliphatic rings. The minimum Gasteiger partial charge on any atom is -0.379 e. The van der Waals surface area contributed by atoms with Gasteiger partial charge in [0.25, 0.3) is 0 Å². The molecule has 0 bridgehead atoms. The zero-order valence-electron chi connectivity index (χ0n) is 18.3. The molecular weight excluding hydrogens is 444 g/mol. The highest BCUT2D eigenvalue weighted by Gasteiger charge is 2.15. The molecule has 3 aromatic rings. The number of benzene rings is 2. The summed E-state index contributed by atoms with van der Waals surface area (Å²) >= 11 is 7.60. The van der Waals surface area contributed by atoms with Gasteiger partial charge in [-0.2, -0.15) is 0 Å². The van der Waals surface area contributed by atoms with E-state index in [2.05, 4.69) is 39.9 Å². The lowest BCUT2D eigenvalue weighted by molar-refractivity contribution is -0.118. The lowest BCUT2D eigenvalue weighted by atomic mass is 10.1. The molecule has 1 saturated heterocycles. The third-order valence-electron chi connectivity index (χ3n) is 5.55. The van der Waals surface area contributed by atoms with Crippen molar-refractivity contribution in [1.82, 2.24) is 19.8 Å². The number of hydrogen-bond acceptors (Lipinski definition) is 5. The number of halogens is 1. The number of hydrogen-bond donors (Lipinski definition) is 1. The lowest BCUT2D eigenvalue weighted by Gasteiger charge is -2.27. The van der Waals surface area contributed by atoms with Crippen LogP contribution in [0.2, 0.25) is 5.02 Å². The maximum Gasteiger partial charge on any atom is 0.230 e. The highest BCUT2D eigenvalue weighted by atomic mass is 35.5. The van der Waals surface area contributed by atoms with Crippen molar-refractivity contribution in [2.24, 2.45) is 0 Å². The van der Waals surface area contributed by atoms with E-state index in [1.807, 2.05) is 24.3 Å². The fourth-order valence-corrected chi connectivity index (χ4v) is 4.93. The summed E-state index contributed by atoms with van der Waals surface area (Å²) in [5.41, 5.74) is 4.33. The van der Waals surface area contributed by atoms with Crippen LogP contribution < -0.4 is 5.32 Å². The Morgan fingerprint density at radius 3 is 2.75 bits per heavy atom. The standard InChI is InChI=1S/C24H29ClN4O2S/c1-2-9-29-22-8-7-20(25)14-21(22)27-24(29)32-17-23(30)26-15-18-5-3-4-6-19(18)16-28-10-12-31-13-11-28/h3-8,14H,2,9-13,15-17H2,1H3,(H,26,30). The predicted octanol–water partition coefficient (Wildman–Crippen LogP) is 4.34. The normalized spacial score (nSPS) is 14.7. The summed E-state index contributed by atoms with van der Waals surface area (Å²) in [7, 11) is 0. The van der Waals surface area contributed by atoms with E-state index in [9.17, 15) is 4.79 Å². The summed E-state index contributed by atoms with van der Waals surface area (Å²) in [6.45, 7) is 7.86. The molecule has 32 heavy (non-hydrogen) atoms. The number of rotatable bonds is 9. The monoisotopic (exact) mass is 472 g/mol. The summed E-state index contributed by atoms with van der Waals surface area (Å²) < 4.78 is 7.61. The molecule has 1 N–H and O–H groups in total. The van der Waals surface area contributed by atoms with Crippen LogP contribution in [-0.2, 0) is 29.2 Å². The highest BCUT2D eigenvalue weighted by molar-refractivity contribution is 7.99. The maximum atomic E-state index is 12.6. The highest BCUT2D eigenvalue weighted by Crippen LogP contribution is 2.26. The Hall–Kier alpha value is -2.06. The second-order valence-corrected chi connectivity index (χ2v) is 9.28. The molecule has 4 rings (SSSR count). The molecule has 170 valence electrons. The summed E-state index contributed by atoms with van der Waals surface area (Å²) in [4.78, 5) is 19.7. The summed E-state index contributed by atoms with van der Waals surface area (Å²) in [5.74, 6) is 0.330. The van der Waals surface area contributed by atoms with E-state index in [0.29, 0.717) is 17.3 Å². The first kappa shape index (κ1) is 23.1. The van der Waals surface area contributed by atoms with Crippen LogP contribution in [0.1, 0.15) is 24.5 Å². The van der Waals surface area contributed by atoms with Crippen molar-refractivity contribution in [1.29, 1.82) is 0 Å². The molecule has 0 saturated carbocycles. The molecule has 1 fully saturated rings. The summed E-state index contributed by atoms with van der Waals surface area (Å²) in [5, 5.41) is 4.60. The van der Waals surface area contributed by atoms with Gasteiger partial charge in [0.1, 0.15) is 0 Å². The largest absolute Gasteiger partial charge is 0.379 e. The molecular formula is C24H29ClN4O2S. The smallest absolute Gasteiger partial charge is 0.230 e. The van der Waals surface area contributed by atoms with Gasteiger partial charge in [-0.05, 0) is 35.7 Å². The van der Waals surface area contributed by atoms with E-state index in [1.54, 1.807) is 0 Å². The van der Waals surface area contributed by atoms with Crippen molar-refractivity contribution in [2.75, 3.05) is 32.1 Å². The van der Waals surface area contributed by atoms with E-state index >= 15 is 0 Å². The van der Waals surface area contributed by atoms with Gasteiger partial charge >= 0.3 is 0 Å². The average Bonchev–Trinajstić information content (AvgIpc) is 3.14. The van der Waals surface area contributed by atoms with Crippen LogP contribution in [-0.4, -0.2) is 52.4 Å². The van der Waals surface area contributed by atoms with Crippen molar-refractivity contribution >= 4 is 40.3 Å². The Morgan fingerprint density at radius 2 is 1.97 bits per heavy atom. The quantitative estimate of drug-likeness (QED) is 0.469. The van der Waals surface area contributed by atoms with Crippen molar-refractivity contribution in [3.63, 3.8) is 0 Å². The zero-order valence-corrected chi connectivity index (χ0v) is 19.9. The molecule has 0 radical (unpaired) electrons. The number of amides is 1. The number of aromatic nitrogens is 2. The number of fused-ring (bicyclic) bond motifs is 1. The number of aryl methyl sites for hydroxylation is 1. The van der Waals surface area contributed by atoms with Crippen LogP contribution in [0.3, 0.4) is 0 Å². The van der Waals surface area contributed by atoms with Crippen LogP contribution in [0.5, 0.6) is 0 Å². The SMILES string of the molecule is CCCn1c(SCC(=O)NCc2ccccc2CN2CCOCC2)nc2cc(Cl)ccc21. The number of carbonyl (C=O) groups excluding carboxylic acids is 1. The van der Waals surface area contributed by atoms with Crippen molar-refractivity contribution in [2.45, 2.75) is 38.1 Å². The molecule has 8 heteroatoms. The van der Waals surface area contributed by atoms with Crippen LogP contribution in [0.4, 0.5) is 0 Å². The first-order valence-corrected chi connectivity index (χ1v) is 12.4. The van der Waals surface area contributed by atoms with Gasteiger partial charge in [-0.3, -0.25) is 9.69 Å². The van der Waals surface area contributed by atoms with E-state index < -0.39 is 0 Å². The fourth-order valence-electron chi connectivity index (χ4n) is 3.89. The fraction of sp³-hybridized carbons (Fsp3) is 0.417. The van der Waals surface area contributed by atoms with Gasteiger partial charge in [-0.25, -0.2) is 4.98 Å². The van der Waals surface area contributed by atoms with Gasteiger partial charge < -0.3 is 14.6 Å². The van der Waals surface area contributed by atoms with E-state index in [-0.39, 0.29) is 5.91 Å². The second-order valence-electron chi connectivity index (χ2n) is 7.90. The van der Waals surface area contributed by atoms with Gasteiger partial charge in [0.05, 0.1) is 30.0 Å². The average molecular weight is 473 g/mol. The molecule has 2 heterocycles. The third-order valence-corrected chi connectivity index (χ3v) is 6.76. The minimum atomic E-state index is 0.00399. The Labute approximate surface area is 198 Å². The van der Waals surface area contributed by atoms with Crippen molar-refractivity contribution < 1.29 is 9.53 Å². The van der Waals surface area contributed by atoms with Crippen LogP contribution >= 0.6 is 23.4 Å². The number of nitrogens with zero attached hydrogens (tertiary/aromatic N) is 3. The van der Waals surface area contributed by atoms with E-state index in [4.69, 9.17) is 21.3 Å². The van der Waals surface area contributed by atoms with Gasteiger partial charge in [0.2, 0.25) is 5.91 Å². The Kier molecular flexibility index (Phi) is 8.08. The van der Waals surface area contributed by atoms with Gasteiger partial charge in [0.15, 0.2) is 5.16 Å². The molecule has 1 aromatic heterocycles. The molecule has 0 atom stereocenters. The number of imidazole rings is 1. The second kappa shape index (κ2) is 11.2. The Balaban J connectivity index is 1.35. The summed E-state index contributed by atoms with van der Waals surface area (Å²) in [6.07, 6.45) is 0.994. The van der Waals surface area contributed by atoms with Gasteiger partial charge in [0, 0.05) is 37.7 Å². The topological polar surface area (TPSA) is 59.4 Å². The molecule has 6 nitrogen and oxygen atoms in total. The van der Waals surface area contributed by atoms with Crippen LogP contribution in [0, 0.1) is 0 Å². The Bertz CT molecular complexity index is 1070. The maximum absolute atomic E-state index is 12.6. The van der Waals surface area contributed by atoms with Crippen molar-refractivity contribution in [3.05, 3.63) is 58.6 Å². The molecule has 2 aromatic carbocycles. The van der Waals surface area contributed by atoms with E-state index in [0.717, 1.165) is 67.6 Å². The number of nitrogens with one attached hydrogen (secondary N) is 1. The first-order chi connectivity index (χ1) is 15.6. The van der Waals surface area contributed by atoms with E-state index in [1.165, 1.54) is 17.3 Å². The predicted molar refractivity (Wildman–Crippen MR) is 130 cm³/mol. The van der Waals surface area contributed by atoms with Gasteiger partial charge in [-0.15, -0.1) is 0 Å². The summed E-state index contributed by atoms with van der Waals surface area (Å²) in [6, 6.07) is 14.1. The lowest BCUT2D eigenvalue weighted by Crippen LogP contribution is -2.36. The molecule has 1 amide bonds. The van der Waals surface area contributed by atoms with Gasteiger partial charge in [-0.1, -0.05) is 54.6 Å².